The molecule has 2 rings (SSSR count). The van der Waals surface area contributed by atoms with E-state index in [4.69, 9.17) is 11.6 Å². The number of benzene rings is 1. The minimum Gasteiger partial charge on any atom is -0.338 e. The zero-order valence-electron chi connectivity index (χ0n) is 10.5. The molecule has 1 amide bonds. The lowest BCUT2D eigenvalue weighted by atomic mass is 9.98. The maximum Gasteiger partial charge on any atom is 0.254 e. The number of piperidine rings is 1. The standard InChI is InChI=1S/C14H17BrClNO/c1-10-12(5-2-6-13(10)16)14(18)17-7-3-4-11(8-15)9-17/h2,5-6,11H,3-4,7-9H2,1H3. The smallest absolute Gasteiger partial charge is 0.254 e. The van der Waals surface area contributed by atoms with Gasteiger partial charge in [-0.3, -0.25) is 4.79 Å². The quantitative estimate of drug-likeness (QED) is 0.753. The first-order valence-electron chi connectivity index (χ1n) is 6.24. The molecule has 1 aromatic rings. The van der Waals surface area contributed by atoms with Crippen molar-refractivity contribution in [1.82, 2.24) is 4.90 Å². The molecule has 2 nitrogen and oxygen atoms in total. The summed E-state index contributed by atoms with van der Waals surface area (Å²) in [6, 6.07) is 5.53. The van der Waals surface area contributed by atoms with Crippen molar-refractivity contribution in [3.8, 4) is 0 Å². The van der Waals surface area contributed by atoms with Gasteiger partial charge in [0.05, 0.1) is 0 Å². The number of carbonyl (C=O) groups excluding carboxylic acids is 1. The predicted octanol–water partition coefficient (Wildman–Crippen LogP) is 3.90. The second-order valence-electron chi connectivity index (χ2n) is 4.83. The van der Waals surface area contributed by atoms with Crippen LogP contribution in [-0.4, -0.2) is 29.2 Å². The Labute approximate surface area is 121 Å². The molecule has 4 heteroatoms. The zero-order chi connectivity index (χ0) is 13.1. The Kier molecular flexibility index (Phi) is 4.68. The summed E-state index contributed by atoms with van der Waals surface area (Å²) in [5.41, 5.74) is 1.61. The van der Waals surface area contributed by atoms with E-state index in [9.17, 15) is 4.79 Å². The van der Waals surface area contributed by atoms with Crippen molar-refractivity contribution in [2.75, 3.05) is 18.4 Å². The summed E-state index contributed by atoms with van der Waals surface area (Å²) in [7, 11) is 0. The molecule has 18 heavy (non-hydrogen) atoms. The van der Waals surface area contributed by atoms with E-state index < -0.39 is 0 Å². The lowest BCUT2D eigenvalue weighted by molar-refractivity contribution is 0.0685. The first-order valence-corrected chi connectivity index (χ1v) is 7.73. The third kappa shape index (κ3) is 2.89. The van der Waals surface area contributed by atoms with Crippen molar-refractivity contribution in [2.45, 2.75) is 19.8 Å². The number of alkyl halides is 1. The van der Waals surface area contributed by atoms with Crippen molar-refractivity contribution >= 4 is 33.4 Å². The third-order valence-electron chi connectivity index (χ3n) is 3.52. The summed E-state index contributed by atoms with van der Waals surface area (Å²) >= 11 is 9.59. The number of hydrogen-bond donors (Lipinski definition) is 0. The Bertz CT molecular complexity index is 449. The summed E-state index contributed by atoms with van der Waals surface area (Å²) in [6.07, 6.45) is 2.28. The molecule has 0 aromatic heterocycles. The molecule has 0 bridgehead atoms. The van der Waals surface area contributed by atoms with Crippen molar-refractivity contribution in [1.29, 1.82) is 0 Å². The van der Waals surface area contributed by atoms with Gasteiger partial charge in [-0.15, -0.1) is 0 Å². The number of likely N-dealkylation sites (tertiary alicyclic amines) is 1. The highest BCUT2D eigenvalue weighted by Crippen LogP contribution is 2.24. The van der Waals surface area contributed by atoms with Gasteiger partial charge in [0.1, 0.15) is 0 Å². The van der Waals surface area contributed by atoms with Gasteiger partial charge in [0.25, 0.3) is 5.91 Å². The molecule has 1 aliphatic heterocycles. The van der Waals surface area contributed by atoms with Crippen LogP contribution in [0.4, 0.5) is 0 Å². The van der Waals surface area contributed by atoms with Gasteiger partial charge in [-0.05, 0) is 43.4 Å². The molecule has 0 aliphatic carbocycles. The van der Waals surface area contributed by atoms with Gasteiger partial charge in [-0.25, -0.2) is 0 Å². The van der Waals surface area contributed by atoms with E-state index >= 15 is 0 Å². The molecule has 0 radical (unpaired) electrons. The number of carbonyl (C=O) groups is 1. The normalized spacial score (nSPS) is 19.9. The largest absolute Gasteiger partial charge is 0.338 e. The SMILES string of the molecule is Cc1c(Cl)cccc1C(=O)N1CCCC(CBr)C1. The van der Waals surface area contributed by atoms with Crippen LogP contribution in [-0.2, 0) is 0 Å². The number of hydrogen-bond acceptors (Lipinski definition) is 1. The molecular formula is C14H17BrClNO. The Morgan fingerprint density at radius 2 is 2.33 bits per heavy atom. The summed E-state index contributed by atoms with van der Waals surface area (Å²) in [5, 5.41) is 1.63. The van der Waals surface area contributed by atoms with Crippen LogP contribution >= 0.6 is 27.5 Å². The summed E-state index contributed by atoms with van der Waals surface area (Å²) < 4.78 is 0. The first-order chi connectivity index (χ1) is 8.63. The van der Waals surface area contributed by atoms with Crippen LogP contribution in [0, 0.1) is 12.8 Å². The molecule has 1 aliphatic rings. The number of nitrogens with zero attached hydrogens (tertiary/aromatic N) is 1. The molecule has 1 saturated heterocycles. The summed E-state index contributed by atoms with van der Waals surface area (Å²) in [4.78, 5) is 14.4. The second kappa shape index (κ2) is 6.07. The van der Waals surface area contributed by atoms with Crippen molar-refractivity contribution in [3.05, 3.63) is 34.3 Å². The fraction of sp³-hybridized carbons (Fsp3) is 0.500. The molecule has 0 N–H and O–H groups in total. The highest BCUT2D eigenvalue weighted by atomic mass is 79.9. The van der Waals surface area contributed by atoms with E-state index in [1.54, 1.807) is 0 Å². The Morgan fingerprint density at radius 3 is 3.06 bits per heavy atom. The second-order valence-corrected chi connectivity index (χ2v) is 5.88. The van der Waals surface area contributed by atoms with Crippen LogP contribution in [0.25, 0.3) is 0 Å². The maximum atomic E-state index is 12.5. The fourth-order valence-electron chi connectivity index (χ4n) is 2.38. The van der Waals surface area contributed by atoms with Crippen LogP contribution in [0.1, 0.15) is 28.8 Å². The number of rotatable bonds is 2. The minimum atomic E-state index is 0.112. The molecule has 1 heterocycles. The molecule has 0 spiro atoms. The van der Waals surface area contributed by atoms with Gasteiger partial charge in [0.15, 0.2) is 0 Å². The van der Waals surface area contributed by atoms with Crippen molar-refractivity contribution in [3.63, 3.8) is 0 Å². The minimum absolute atomic E-state index is 0.112. The zero-order valence-corrected chi connectivity index (χ0v) is 12.8. The Balaban J connectivity index is 2.18. The van der Waals surface area contributed by atoms with E-state index in [1.165, 1.54) is 6.42 Å². The van der Waals surface area contributed by atoms with Gasteiger partial charge in [-0.2, -0.15) is 0 Å². The van der Waals surface area contributed by atoms with Gasteiger partial charge in [-0.1, -0.05) is 33.6 Å². The van der Waals surface area contributed by atoms with Crippen LogP contribution in [0.15, 0.2) is 18.2 Å². The number of halogens is 2. The first kappa shape index (κ1) is 13.9. The molecule has 0 saturated carbocycles. The van der Waals surface area contributed by atoms with Crippen molar-refractivity contribution < 1.29 is 4.79 Å². The highest BCUT2D eigenvalue weighted by molar-refractivity contribution is 9.09. The number of amides is 1. The average molecular weight is 331 g/mol. The van der Waals surface area contributed by atoms with E-state index in [0.29, 0.717) is 10.9 Å². The summed E-state index contributed by atoms with van der Waals surface area (Å²) in [6.45, 7) is 3.60. The van der Waals surface area contributed by atoms with Crippen molar-refractivity contribution in [2.24, 2.45) is 5.92 Å². The van der Waals surface area contributed by atoms with E-state index in [-0.39, 0.29) is 5.91 Å². The highest BCUT2D eigenvalue weighted by Gasteiger charge is 2.24. The van der Waals surface area contributed by atoms with E-state index in [2.05, 4.69) is 15.9 Å². The third-order valence-corrected chi connectivity index (χ3v) is 4.85. The van der Waals surface area contributed by atoms with Crippen LogP contribution in [0.2, 0.25) is 5.02 Å². The lowest BCUT2D eigenvalue weighted by Crippen LogP contribution is -2.40. The van der Waals surface area contributed by atoms with E-state index in [0.717, 1.165) is 36.0 Å². The predicted molar refractivity (Wildman–Crippen MR) is 78.6 cm³/mol. The van der Waals surface area contributed by atoms with Crippen LogP contribution in [0.3, 0.4) is 0 Å². The molecule has 1 fully saturated rings. The summed E-state index contributed by atoms with van der Waals surface area (Å²) in [5.74, 6) is 0.683. The monoisotopic (exact) mass is 329 g/mol. The van der Waals surface area contributed by atoms with Gasteiger partial charge in [0.2, 0.25) is 0 Å². The fourth-order valence-corrected chi connectivity index (χ4v) is 3.09. The Hall–Kier alpha value is -0.540. The topological polar surface area (TPSA) is 20.3 Å². The molecule has 1 unspecified atom stereocenters. The molecule has 1 atom stereocenters. The maximum absolute atomic E-state index is 12.5. The van der Waals surface area contributed by atoms with Gasteiger partial charge >= 0.3 is 0 Å². The van der Waals surface area contributed by atoms with Crippen LogP contribution < -0.4 is 0 Å². The Morgan fingerprint density at radius 1 is 1.56 bits per heavy atom. The lowest BCUT2D eigenvalue weighted by Gasteiger charge is -2.32. The average Bonchev–Trinajstić information content (AvgIpc) is 2.41. The molecule has 1 aromatic carbocycles. The molecular weight excluding hydrogens is 314 g/mol. The van der Waals surface area contributed by atoms with Gasteiger partial charge in [0, 0.05) is 29.0 Å². The van der Waals surface area contributed by atoms with Crippen LogP contribution in [0.5, 0.6) is 0 Å². The van der Waals surface area contributed by atoms with Gasteiger partial charge < -0.3 is 4.90 Å². The van der Waals surface area contributed by atoms with E-state index in [1.807, 2.05) is 30.0 Å². The molecule has 98 valence electrons.